The van der Waals surface area contributed by atoms with Crippen molar-refractivity contribution in [1.29, 1.82) is 0 Å². The predicted octanol–water partition coefficient (Wildman–Crippen LogP) is 3.12. The van der Waals surface area contributed by atoms with Gasteiger partial charge in [0.05, 0.1) is 20.8 Å². The third-order valence-electron chi connectivity index (χ3n) is 2.75. The zero-order chi connectivity index (χ0) is 14.9. The highest BCUT2D eigenvalue weighted by Crippen LogP contribution is 2.25. The van der Waals surface area contributed by atoms with E-state index in [1.54, 1.807) is 11.7 Å². The first kappa shape index (κ1) is 14.4. The van der Waals surface area contributed by atoms with Crippen molar-refractivity contribution in [3.05, 3.63) is 50.0 Å². The quantitative estimate of drug-likeness (QED) is 0.631. The minimum atomic E-state index is -0.923. The van der Waals surface area contributed by atoms with Crippen LogP contribution in [0.3, 0.4) is 0 Å². The highest BCUT2D eigenvalue weighted by molar-refractivity contribution is 9.10. The van der Waals surface area contributed by atoms with E-state index in [9.17, 15) is 14.5 Å². The molecule has 0 amide bonds. The first-order valence-electron chi connectivity index (χ1n) is 5.65. The summed E-state index contributed by atoms with van der Waals surface area (Å²) in [5.41, 5.74) is 1.04. The van der Waals surface area contributed by atoms with Gasteiger partial charge in [0.25, 0.3) is 0 Å². The zero-order valence-electron chi connectivity index (χ0n) is 10.8. The molecule has 0 aliphatic rings. The molecular formula is C12H11BrFN3O3. The Bertz CT molecular complexity index is 672. The van der Waals surface area contributed by atoms with E-state index in [2.05, 4.69) is 21.0 Å². The molecule has 1 aromatic carbocycles. The molecule has 0 aliphatic carbocycles. The molecule has 0 atom stereocenters. The molecule has 0 spiro atoms. The summed E-state index contributed by atoms with van der Waals surface area (Å²) in [5, 5.41) is 14.7. The molecule has 106 valence electrons. The Morgan fingerprint density at radius 3 is 2.75 bits per heavy atom. The average Bonchev–Trinajstić information content (AvgIpc) is 2.61. The van der Waals surface area contributed by atoms with Gasteiger partial charge in [-0.25, -0.2) is 0 Å². The van der Waals surface area contributed by atoms with Gasteiger partial charge in [0.1, 0.15) is 12.4 Å². The largest absolute Gasteiger partial charge is 0.487 e. The molecule has 1 heterocycles. The first-order valence-corrected chi connectivity index (χ1v) is 6.44. The van der Waals surface area contributed by atoms with Crippen molar-refractivity contribution in [1.82, 2.24) is 9.78 Å². The normalized spacial score (nSPS) is 10.6. The number of nitrogens with zero attached hydrogens (tertiary/aromatic N) is 3. The van der Waals surface area contributed by atoms with E-state index in [0.717, 1.165) is 28.0 Å². The average molecular weight is 344 g/mol. The molecule has 0 radical (unpaired) electrons. The van der Waals surface area contributed by atoms with E-state index in [1.807, 2.05) is 6.92 Å². The number of hydrogen-bond donors (Lipinski definition) is 0. The Balaban J connectivity index is 2.15. The molecule has 0 aliphatic heterocycles. The van der Waals surface area contributed by atoms with Crippen LogP contribution in [0.2, 0.25) is 0 Å². The van der Waals surface area contributed by atoms with Crippen LogP contribution in [0.4, 0.5) is 10.1 Å². The number of ether oxygens (including phenoxy) is 1. The van der Waals surface area contributed by atoms with Crippen LogP contribution in [0, 0.1) is 22.9 Å². The molecule has 20 heavy (non-hydrogen) atoms. The van der Waals surface area contributed by atoms with Crippen molar-refractivity contribution in [3.63, 3.8) is 0 Å². The maximum Gasteiger partial charge on any atom is 0.305 e. The van der Waals surface area contributed by atoms with Gasteiger partial charge in [-0.2, -0.15) is 9.49 Å². The van der Waals surface area contributed by atoms with Gasteiger partial charge in [-0.1, -0.05) is 0 Å². The van der Waals surface area contributed by atoms with Crippen LogP contribution in [0.1, 0.15) is 11.4 Å². The van der Waals surface area contributed by atoms with Gasteiger partial charge >= 0.3 is 5.69 Å². The Labute approximate surface area is 122 Å². The topological polar surface area (TPSA) is 70.2 Å². The Kier molecular flexibility index (Phi) is 4.03. The molecule has 0 bridgehead atoms. The predicted molar refractivity (Wildman–Crippen MR) is 73.0 cm³/mol. The summed E-state index contributed by atoms with van der Waals surface area (Å²) in [6, 6.07) is 3.43. The number of hydrogen-bond acceptors (Lipinski definition) is 4. The van der Waals surface area contributed by atoms with Crippen molar-refractivity contribution < 1.29 is 14.1 Å². The van der Waals surface area contributed by atoms with Gasteiger partial charge in [0.15, 0.2) is 0 Å². The molecule has 0 saturated carbocycles. The molecule has 0 unspecified atom stereocenters. The van der Waals surface area contributed by atoms with Crippen LogP contribution in [0.25, 0.3) is 0 Å². The van der Waals surface area contributed by atoms with E-state index in [1.165, 1.54) is 6.07 Å². The molecule has 0 saturated heterocycles. The summed E-state index contributed by atoms with van der Waals surface area (Å²) in [6.07, 6.45) is 0. The van der Waals surface area contributed by atoms with Gasteiger partial charge in [-0.15, -0.1) is 0 Å². The molecule has 2 rings (SSSR count). The maximum atomic E-state index is 13.4. The number of aryl methyl sites for hydroxylation is 2. The summed E-state index contributed by atoms with van der Waals surface area (Å²) < 4.78 is 21.3. The van der Waals surface area contributed by atoms with E-state index in [-0.39, 0.29) is 12.4 Å². The van der Waals surface area contributed by atoms with Crippen molar-refractivity contribution in [3.8, 4) is 5.75 Å². The number of rotatable bonds is 4. The highest BCUT2D eigenvalue weighted by Gasteiger charge is 2.15. The zero-order valence-corrected chi connectivity index (χ0v) is 12.3. The summed E-state index contributed by atoms with van der Waals surface area (Å²) >= 11 is 3.39. The number of halogens is 2. The molecule has 0 fully saturated rings. The van der Waals surface area contributed by atoms with Crippen LogP contribution in [-0.4, -0.2) is 14.7 Å². The van der Waals surface area contributed by atoms with Crippen molar-refractivity contribution in [2.24, 2.45) is 7.05 Å². The van der Waals surface area contributed by atoms with Crippen molar-refractivity contribution in [2.45, 2.75) is 13.5 Å². The van der Waals surface area contributed by atoms with E-state index < -0.39 is 16.4 Å². The summed E-state index contributed by atoms with van der Waals surface area (Å²) in [5.74, 6) is -0.702. The first-order chi connectivity index (χ1) is 9.40. The number of benzene rings is 1. The van der Waals surface area contributed by atoms with Crippen LogP contribution in [0.15, 0.2) is 22.7 Å². The van der Waals surface area contributed by atoms with Crippen LogP contribution >= 0.6 is 15.9 Å². The minimum absolute atomic E-state index is 0.176. The fraction of sp³-hybridized carbons (Fsp3) is 0.250. The van der Waals surface area contributed by atoms with Gasteiger partial charge in [-0.3, -0.25) is 14.8 Å². The second-order valence-electron chi connectivity index (χ2n) is 4.13. The summed E-state index contributed by atoms with van der Waals surface area (Å²) in [6.45, 7) is 2.02. The van der Waals surface area contributed by atoms with Crippen LogP contribution in [-0.2, 0) is 13.7 Å². The molecule has 6 nitrogen and oxygen atoms in total. The number of aromatic nitrogens is 2. The van der Waals surface area contributed by atoms with E-state index in [0.29, 0.717) is 0 Å². The fourth-order valence-corrected chi connectivity index (χ4v) is 2.16. The lowest BCUT2D eigenvalue weighted by atomic mass is 10.3. The van der Waals surface area contributed by atoms with Crippen LogP contribution in [0.5, 0.6) is 5.75 Å². The number of nitro groups is 1. The third kappa shape index (κ3) is 2.79. The maximum absolute atomic E-state index is 13.4. The Morgan fingerprint density at radius 2 is 2.25 bits per heavy atom. The van der Waals surface area contributed by atoms with Crippen molar-refractivity contribution in [2.75, 3.05) is 0 Å². The van der Waals surface area contributed by atoms with Gasteiger partial charge in [0.2, 0.25) is 5.82 Å². The summed E-state index contributed by atoms with van der Waals surface area (Å²) in [7, 11) is 1.77. The van der Waals surface area contributed by atoms with Crippen LogP contribution < -0.4 is 4.74 Å². The lowest BCUT2D eigenvalue weighted by Crippen LogP contribution is -2.04. The van der Waals surface area contributed by atoms with Gasteiger partial charge < -0.3 is 4.74 Å². The van der Waals surface area contributed by atoms with Crippen molar-refractivity contribution >= 4 is 21.6 Å². The molecule has 0 N–H and O–H groups in total. The standard InChI is InChI=1S/C12H11BrFN3O3/c1-7-12(13)11(16(2)15-7)6-20-8-3-4-10(17(18)19)9(14)5-8/h3-5H,6H2,1-2H3. The second-order valence-corrected chi connectivity index (χ2v) is 4.92. The Hall–Kier alpha value is -1.96. The third-order valence-corrected chi connectivity index (χ3v) is 3.78. The van der Waals surface area contributed by atoms with E-state index >= 15 is 0 Å². The molecule has 2 aromatic rings. The molecule has 8 heteroatoms. The summed E-state index contributed by atoms with van der Waals surface area (Å²) in [4.78, 5) is 9.73. The number of nitro benzene ring substituents is 1. The smallest absolute Gasteiger partial charge is 0.305 e. The Morgan fingerprint density at radius 1 is 1.55 bits per heavy atom. The lowest BCUT2D eigenvalue weighted by molar-refractivity contribution is -0.387. The molecule has 1 aromatic heterocycles. The van der Waals surface area contributed by atoms with Gasteiger partial charge in [0, 0.05) is 19.2 Å². The SMILES string of the molecule is Cc1nn(C)c(COc2ccc([N+](=O)[O-])c(F)c2)c1Br. The van der Waals surface area contributed by atoms with Gasteiger partial charge in [-0.05, 0) is 28.9 Å². The monoisotopic (exact) mass is 343 g/mol. The highest BCUT2D eigenvalue weighted by atomic mass is 79.9. The molecular weight excluding hydrogens is 333 g/mol. The minimum Gasteiger partial charge on any atom is -0.487 e. The van der Waals surface area contributed by atoms with E-state index in [4.69, 9.17) is 4.74 Å². The lowest BCUT2D eigenvalue weighted by Gasteiger charge is -2.07. The second kappa shape index (κ2) is 5.58. The fourth-order valence-electron chi connectivity index (χ4n) is 1.71.